The van der Waals surface area contributed by atoms with E-state index in [0.29, 0.717) is 33.3 Å². The van der Waals surface area contributed by atoms with Crippen molar-refractivity contribution in [3.05, 3.63) is 44.7 Å². The van der Waals surface area contributed by atoms with Crippen molar-refractivity contribution in [2.24, 2.45) is 0 Å². The number of nitrogen functional groups attached to an aromatic ring is 1. The molecule has 1 aromatic heterocycles. The van der Waals surface area contributed by atoms with E-state index < -0.39 is 0 Å². The van der Waals surface area contributed by atoms with Gasteiger partial charge in [0.05, 0.1) is 11.6 Å². The summed E-state index contributed by atoms with van der Waals surface area (Å²) >= 11 is 13.1. The van der Waals surface area contributed by atoms with Crippen LogP contribution in [0.3, 0.4) is 0 Å². The van der Waals surface area contributed by atoms with Crippen LogP contribution in [0.4, 0.5) is 5.82 Å². The van der Waals surface area contributed by atoms with Gasteiger partial charge in [-0.1, -0.05) is 35.0 Å². The van der Waals surface area contributed by atoms with E-state index in [2.05, 4.69) is 9.97 Å². The highest BCUT2D eigenvalue weighted by atomic mass is 35.5. The maximum absolute atomic E-state index is 11.2. The van der Waals surface area contributed by atoms with Gasteiger partial charge in [-0.05, 0) is 18.2 Å². The highest BCUT2D eigenvalue weighted by Gasteiger charge is 2.03. The molecule has 20 heavy (non-hydrogen) atoms. The topological polar surface area (TPSA) is 81.0 Å². The highest BCUT2D eigenvalue weighted by Crippen LogP contribution is 2.27. The number of nitrogens with two attached hydrogens (primary N) is 1. The predicted octanol–water partition coefficient (Wildman–Crippen LogP) is 2.83. The molecule has 3 N–H and O–H groups in total. The molecule has 0 saturated carbocycles. The van der Waals surface area contributed by atoms with E-state index in [1.54, 1.807) is 18.2 Å². The minimum absolute atomic E-state index is 0.193. The number of hydrogen-bond acceptors (Lipinski definition) is 5. The molecular formula is C12H11Cl2N3O2S. The van der Waals surface area contributed by atoms with Gasteiger partial charge in [0.1, 0.15) is 11.6 Å². The van der Waals surface area contributed by atoms with Crippen LogP contribution in [0.2, 0.25) is 10.0 Å². The van der Waals surface area contributed by atoms with Crippen molar-refractivity contribution >= 4 is 40.8 Å². The lowest BCUT2D eigenvalue weighted by atomic mass is 10.3. The molecule has 0 aliphatic rings. The number of nitrogens with one attached hydrogen (secondary N) is 1. The fraction of sp³-hybridized carbons (Fsp3) is 0.167. The maximum Gasteiger partial charge on any atom is 0.253 e. The van der Waals surface area contributed by atoms with Crippen LogP contribution in [-0.2, 0) is 0 Å². The fourth-order valence-electron chi connectivity index (χ4n) is 1.40. The van der Waals surface area contributed by atoms with Crippen molar-refractivity contribution in [1.29, 1.82) is 0 Å². The molecule has 0 radical (unpaired) electrons. The molecule has 0 aliphatic heterocycles. The molecular weight excluding hydrogens is 321 g/mol. The van der Waals surface area contributed by atoms with Crippen LogP contribution in [0.25, 0.3) is 0 Å². The van der Waals surface area contributed by atoms with Crippen molar-refractivity contribution in [3.8, 4) is 5.75 Å². The standard InChI is InChI=1S/C12H11Cl2N3O2S/c13-7-1-2-9(8(14)5-7)19-3-4-20-12-16-10(15)6-11(18)17-12/h1-2,5-6H,3-4H2,(H3,15,16,17,18). The van der Waals surface area contributed by atoms with Crippen molar-refractivity contribution < 1.29 is 4.74 Å². The molecule has 0 amide bonds. The predicted molar refractivity (Wildman–Crippen MR) is 82.0 cm³/mol. The highest BCUT2D eigenvalue weighted by molar-refractivity contribution is 7.99. The number of rotatable bonds is 5. The van der Waals surface area contributed by atoms with E-state index in [4.69, 9.17) is 33.7 Å². The Morgan fingerprint density at radius 1 is 1.35 bits per heavy atom. The van der Waals surface area contributed by atoms with Gasteiger partial charge in [-0.25, -0.2) is 4.98 Å². The Morgan fingerprint density at radius 3 is 2.85 bits per heavy atom. The zero-order valence-corrected chi connectivity index (χ0v) is 12.6. The van der Waals surface area contributed by atoms with Crippen LogP contribution in [0.1, 0.15) is 0 Å². The van der Waals surface area contributed by atoms with Gasteiger partial charge >= 0.3 is 0 Å². The fourth-order valence-corrected chi connectivity index (χ4v) is 2.57. The van der Waals surface area contributed by atoms with Gasteiger partial charge in [-0.15, -0.1) is 0 Å². The minimum Gasteiger partial charge on any atom is -0.491 e. The third-order valence-corrected chi connectivity index (χ3v) is 3.58. The Bertz CT molecular complexity index is 663. The zero-order valence-electron chi connectivity index (χ0n) is 10.2. The summed E-state index contributed by atoms with van der Waals surface area (Å²) in [6.07, 6.45) is 0. The van der Waals surface area contributed by atoms with Crippen LogP contribution in [0, 0.1) is 0 Å². The maximum atomic E-state index is 11.2. The molecule has 2 rings (SSSR count). The number of benzene rings is 1. The van der Waals surface area contributed by atoms with E-state index in [9.17, 15) is 4.79 Å². The Kier molecular flexibility index (Phi) is 5.17. The Morgan fingerprint density at radius 2 is 2.15 bits per heavy atom. The summed E-state index contributed by atoms with van der Waals surface area (Å²) in [4.78, 5) is 17.8. The molecule has 0 fully saturated rings. The summed E-state index contributed by atoms with van der Waals surface area (Å²) in [6.45, 7) is 0.407. The quantitative estimate of drug-likeness (QED) is 0.500. The molecule has 0 unspecified atom stereocenters. The lowest BCUT2D eigenvalue weighted by Crippen LogP contribution is -2.10. The average Bonchev–Trinajstić information content (AvgIpc) is 2.35. The van der Waals surface area contributed by atoms with Gasteiger partial charge in [0.15, 0.2) is 5.16 Å². The first-order valence-electron chi connectivity index (χ1n) is 5.62. The largest absolute Gasteiger partial charge is 0.491 e. The first kappa shape index (κ1) is 15.0. The Balaban J connectivity index is 1.86. The number of aromatic nitrogens is 2. The molecule has 2 aromatic rings. The average molecular weight is 332 g/mol. The number of aromatic amines is 1. The lowest BCUT2D eigenvalue weighted by Gasteiger charge is -2.07. The summed E-state index contributed by atoms with van der Waals surface area (Å²) in [5.74, 6) is 1.34. The molecule has 8 heteroatoms. The van der Waals surface area contributed by atoms with Crippen LogP contribution >= 0.6 is 35.0 Å². The second-order valence-corrected chi connectivity index (χ2v) is 5.67. The molecule has 0 saturated heterocycles. The number of anilines is 1. The Hall–Kier alpha value is -1.37. The van der Waals surface area contributed by atoms with Gasteiger partial charge in [0.2, 0.25) is 0 Å². The lowest BCUT2D eigenvalue weighted by molar-refractivity contribution is 0.344. The van der Waals surface area contributed by atoms with E-state index in [1.165, 1.54) is 17.8 Å². The summed E-state index contributed by atoms with van der Waals surface area (Å²) < 4.78 is 5.51. The SMILES string of the molecule is Nc1cc(=O)[nH]c(SCCOc2ccc(Cl)cc2Cl)n1. The number of hydrogen-bond donors (Lipinski definition) is 2. The number of nitrogens with zero attached hydrogens (tertiary/aromatic N) is 1. The molecule has 0 aliphatic carbocycles. The second-order valence-electron chi connectivity index (χ2n) is 3.75. The van der Waals surface area contributed by atoms with E-state index in [0.717, 1.165) is 0 Å². The van der Waals surface area contributed by atoms with E-state index in [-0.39, 0.29) is 11.4 Å². The molecule has 0 atom stereocenters. The van der Waals surface area contributed by atoms with Crippen LogP contribution in [0.15, 0.2) is 34.2 Å². The molecule has 5 nitrogen and oxygen atoms in total. The molecule has 1 aromatic carbocycles. The van der Waals surface area contributed by atoms with Gasteiger partial charge in [-0.3, -0.25) is 4.79 Å². The van der Waals surface area contributed by atoms with E-state index >= 15 is 0 Å². The van der Waals surface area contributed by atoms with Crippen molar-refractivity contribution in [2.45, 2.75) is 5.16 Å². The van der Waals surface area contributed by atoms with Crippen molar-refractivity contribution in [3.63, 3.8) is 0 Å². The van der Waals surface area contributed by atoms with Crippen LogP contribution < -0.4 is 16.0 Å². The van der Waals surface area contributed by atoms with Gasteiger partial charge in [0, 0.05) is 16.8 Å². The zero-order chi connectivity index (χ0) is 14.5. The third-order valence-electron chi connectivity index (χ3n) is 2.21. The van der Waals surface area contributed by atoms with Crippen LogP contribution in [0.5, 0.6) is 5.75 Å². The van der Waals surface area contributed by atoms with Crippen molar-refractivity contribution in [2.75, 3.05) is 18.1 Å². The minimum atomic E-state index is -0.276. The molecule has 0 bridgehead atoms. The monoisotopic (exact) mass is 331 g/mol. The first-order chi connectivity index (χ1) is 9.54. The van der Waals surface area contributed by atoms with E-state index in [1.807, 2.05) is 0 Å². The molecule has 106 valence electrons. The Labute approximate surface area is 129 Å². The summed E-state index contributed by atoms with van der Waals surface area (Å²) in [6, 6.07) is 6.25. The number of halogens is 2. The number of ether oxygens (including phenoxy) is 1. The van der Waals surface area contributed by atoms with Crippen molar-refractivity contribution in [1.82, 2.24) is 9.97 Å². The second kappa shape index (κ2) is 6.88. The third kappa shape index (κ3) is 4.33. The number of H-pyrrole nitrogens is 1. The van der Waals surface area contributed by atoms with Gasteiger partial charge < -0.3 is 15.5 Å². The normalized spacial score (nSPS) is 10.5. The molecule has 1 heterocycles. The first-order valence-corrected chi connectivity index (χ1v) is 7.36. The number of thioether (sulfide) groups is 1. The molecule has 0 spiro atoms. The van der Waals surface area contributed by atoms with Gasteiger partial charge in [-0.2, -0.15) is 0 Å². The van der Waals surface area contributed by atoms with Crippen LogP contribution in [-0.4, -0.2) is 22.3 Å². The smallest absolute Gasteiger partial charge is 0.253 e. The van der Waals surface area contributed by atoms with Gasteiger partial charge in [0.25, 0.3) is 5.56 Å². The summed E-state index contributed by atoms with van der Waals surface area (Å²) in [5.41, 5.74) is 5.21. The summed E-state index contributed by atoms with van der Waals surface area (Å²) in [5, 5.41) is 1.47. The summed E-state index contributed by atoms with van der Waals surface area (Å²) in [7, 11) is 0.